The normalized spacial score (nSPS) is 14.5. The molecule has 0 saturated heterocycles. The summed E-state index contributed by atoms with van der Waals surface area (Å²) in [4.78, 5) is 35.4. The van der Waals surface area contributed by atoms with Gasteiger partial charge in [0.15, 0.2) is 10.8 Å². The Morgan fingerprint density at radius 3 is 2.41 bits per heavy atom. The van der Waals surface area contributed by atoms with Crippen LogP contribution in [-0.2, 0) is 14.3 Å². The number of nitrogens with zero attached hydrogens (tertiary/aromatic N) is 3. The molecule has 7 heteroatoms. The van der Waals surface area contributed by atoms with Gasteiger partial charge in [-0.25, -0.2) is 14.8 Å². The molecule has 0 fully saturated rings. The molecule has 0 atom stereocenters. The summed E-state index contributed by atoms with van der Waals surface area (Å²) in [5.74, 6) is -0.377. The second-order valence-electron chi connectivity index (χ2n) is 7.78. The van der Waals surface area contributed by atoms with Crippen LogP contribution in [0, 0.1) is 27.7 Å². The van der Waals surface area contributed by atoms with Crippen LogP contribution in [-0.4, -0.2) is 22.8 Å². The van der Waals surface area contributed by atoms with Gasteiger partial charge in [-0.05, 0) is 68.2 Å². The summed E-state index contributed by atoms with van der Waals surface area (Å²) in [6.45, 7) is 9.47. The Bertz CT molecular complexity index is 1280. The number of carbonyl (C=O) groups is 2. The Labute approximate surface area is 190 Å². The van der Waals surface area contributed by atoms with E-state index in [1.165, 1.54) is 18.3 Å². The lowest BCUT2D eigenvalue weighted by atomic mass is 10.1. The second kappa shape index (κ2) is 8.51. The number of carbonyl (C=O) groups excluding carboxylic acids is 2. The van der Waals surface area contributed by atoms with Crippen LogP contribution < -0.4 is 4.90 Å². The van der Waals surface area contributed by atoms with Gasteiger partial charge in [-0.3, -0.25) is 9.69 Å². The molecule has 162 valence electrons. The number of esters is 1. The highest BCUT2D eigenvalue weighted by Gasteiger charge is 2.26. The molecule has 2 heterocycles. The van der Waals surface area contributed by atoms with Crippen LogP contribution in [0.15, 0.2) is 52.5 Å². The molecule has 1 aliphatic heterocycles. The van der Waals surface area contributed by atoms with Gasteiger partial charge in [0, 0.05) is 17.9 Å². The number of cyclic esters (lactones) is 1. The predicted molar refractivity (Wildman–Crippen MR) is 127 cm³/mol. The molecule has 0 bridgehead atoms. The van der Waals surface area contributed by atoms with E-state index in [9.17, 15) is 9.59 Å². The van der Waals surface area contributed by atoms with Crippen LogP contribution in [0.2, 0.25) is 0 Å². The summed E-state index contributed by atoms with van der Waals surface area (Å²) in [7, 11) is 0. The standard InChI is InChI=1S/C25H23N3O3S/c1-14-9-10-19(11-17(14)4)23-27-21(24(30)31-23)12-20-13-32-25(26-20)28(18(5)29)22-15(2)7-6-8-16(22)3/h6-13H,1-5H3/b21-12-. The molecule has 0 aliphatic carbocycles. The van der Waals surface area contributed by atoms with Gasteiger partial charge in [-0.2, -0.15) is 0 Å². The number of hydrogen-bond donors (Lipinski definition) is 0. The number of thiazole rings is 1. The topological polar surface area (TPSA) is 71.9 Å². The van der Waals surface area contributed by atoms with Crippen molar-refractivity contribution >= 4 is 46.0 Å². The van der Waals surface area contributed by atoms with Crippen LogP contribution >= 0.6 is 11.3 Å². The highest BCUT2D eigenvalue weighted by molar-refractivity contribution is 7.14. The number of aliphatic imine (C=N–C) groups is 1. The van der Waals surface area contributed by atoms with Crippen molar-refractivity contribution in [1.29, 1.82) is 0 Å². The first-order chi connectivity index (χ1) is 15.2. The third kappa shape index (κ3) is 4.11. The van der Waals surface area contributed by atoms with Crippen molar-refractivity contribution in [3.05, 3.63) is 81.0 Å². The van der Waals surface area contributed by atoms with Crippen molar-refractivity contribution in [3.63, 3.8) is 0 Å². The van der Waals surface area contributed by atoms with Gasteiger partial charge in [-0.15, -0.1) is 11.3 Å². The Kier molecular flexibility index (Phi) is 5.76. The average molecular weight is 446 g/mol. The number of para-hydroxylation sites is 1. The maximum absolute atomic E-state index is 12.5. The first-order valence-electron chi connectivity index (χ1n) is 10.2. The molecule has 6 nitrogen and oxygen atoms in total. The molecule has 32 heavy (non-hydrogen) atoms. The fourth-order valence-corrected chi connectivity index (χ4v) is 4.37. The van der Waals surface area contributed by atoms with Crippen molar-refractivity contribution < 1.29 is 14.3 Å². The van der Waals surface area contributed by atoms with Crippen LogP contribution in [0.1, 0.15) is 40.4 Å². The molecule has 3 aromatic rings. The van der Waals surface area contributed by atoms with E-state index in [1.54, 1.807) is 16.4 Å². The number of anilines is 2. The van der Waals surface area contributed by atoms with E-state index < -0.39 is 5.97 Å². The van der Waals surface area contributed by atoms with Crippen LogP contribution in [0.25, 0.3) is 6.08 Å². The molecule has 0 radical (unpaired) electrons. The monoisotopic (exact) mass is 445 g/mol. The summed E-state index contributed by atoms with van der Waals surface area (Å²) in [6.07, 6.45) is 1.58. The van der Waals surface area contributed by atoms with E-state index >= 15 is 0 Å². The second-order valence-corrected chi connectivity index (χ2v) is 8.62. The quantitative estimate of drug-likeness (QED) is 0.398. The van der Waals surface area contributed by atoms with Crippen molar-refractivity contribution in [1.82, 2.24) is 4.98 Å². The minimum absolute atomic E-state index is 0.133. The molecular formula is C25H23N3O3S. The fraction of sp³-hybridized carbons (Fsp3) is 0.200. The summed E-state index contributed by atoms with van der Waals surface area (Å²) < 4.78 is 5.37. The molecule has 2 aromatic carbocycles. The van der Waals surface area contributed by atoms with Gasteiger partial charge in [-0.1, -0.05) is 24.3 Å². The van der Waals surface area contributed by atoms with Crippen molar-refractivity contribution in [2.24, 2.45) is 4.99 Å². The summed E-state index contributed by atoms with van der Waals surface area (Å²) in [6, 6.07) is 11.7. The zero-order valence-electron chi connectivity index (χ0n) is 18.6. The SMILES string of the molecule is CC(=O)N(c1nc(/C=C2\N=C(c3ccc(C)c(C)c3)OC2=O)cs1)c1c(C)cccc1C. The van der Waals surface area contributed by atoms with Gasteiger partial charge in [0.2, 0.25) is 11.8 Å². The van der Waals surface area contributed by atoms with Gasteiger partial charge in [0.05, 0.1) is 11.4 Å². The number of hydrogen-bond acceptors (Lipinski definition) is 6. The Morgan fingerprint density at radius 2 is 1.75 bits per heavy atom. The Balaban J connectivity index is 1.67. The fourth-order valence-electron chi connectivity index (χ4n) is 3.54. The van der Waals surface area contributed by atoms with Crippen LogP contribution in [0.3, 0.4) is 0 Å². The van der Waals surface area contributed by atoms with E-state index in [2.05, 4.69) is 9.98 Å². The molecule has 0 spiro atoms. The van der Waals surface area contributed by atoms with E-state index in [0.717, 1.165) is 33.5 Å². The van der Waals surface area contributed by atoms with Crippen LogP contribution in [0.5, 0.6) is 0 Å². The van der Waals surface area contributed by atoms with Gasteiger partial charge in [0.1, 0.15) is 0 Å². The molecule has 0 N–H and O–H groups in total. The molecule has 1 aliphatic rings. The number of aromatic nitrogens is 1. The van der Waals surface area contributed by atoms with Crippen molar-refractivity contribution in [3.8, 4) is 0 Å². The maximum atomic E-state index is 12.5. The van der Waals surface area contributed by atoms with E-state index in [0.29, 0.717) is 10.8 Å². The highest BCUT2D eigenvalue weighted by Crippen LogP contribution is 2.34. The molecule has 0 unspecified atom stereocenters. The summed E-state index contributed by atoms with van der Waals surface area (Å²) >= 11 is 1.33. The minimum atomic E-state index is -0.522. The highest BCUT2D eigenvalue weighted by atomic mass is 32.1. The van der Waals surface area contributed by atoms with E-state index in [-0.39, 0.29) is 17.5 Å². The largest absolute Gasteiger partial charge is 0.402 e. The minimum Gasteiger partial charge on any atom is -0.402 e. The maximum Gasteiger partial charge on any atom is 0.363 e. The number of aryl methyl sites for hydroxylation is 4. The molecule has 0 saturated carbocycles. The third-order valence-electron chi connectivity index (χ3n) is 5.34. The molecule has 1 aromatic heterocycles. The average Bonchev–Trinajstić information content (AvgIpc) is 3.34. The first-order valence-corrected chi connectivity index (χ1v) is 11.0. The van der Waals surface area contributed by atoms with Gasteiger partial charge >= 0.3 is 5.97 Å². The van der Waals surface area contributed by atoms with Crippen LogP contribution in [0.4, 0.5) is 10.8 Å². The number of amides is 1. The summed E-state index contributed by atoms with van der Waals surface area (Å²) in [5, 5.41) is 2.33. The van der Waals surface area contributed by atoms with Crippen molar-refractivity contribution in [2.45, 2.75) is 34.6 Å². The Morgan fingerprint density at radius 1 is 1.03 bits per heavy atom. The Hall–Kier alpha value is -3.58. The van der Waals surface area contributed by atoms with Crippen molar-refractivity contribution in [2.75, 3.05) is 4.90 Å². The molecule has 4 rings (SSSR count). The number of rotatable bonds is 4. The lowest BCUT2D eigenvalue weighted by molar-refractivity contribution is -0.130. The lowest BCUT2D eigenvalue weighted by Gasteiger charge is -2.22. The van der Waals surface area contributed by atoms with Gasteiger partial charge in [0.25, 0.3) is 0 Å². The smallest absolute Gasteiger partial charge is 0.363 e. The molecular weight excluding hydrogens is 422 g/mol. The number of ether oxygens (including phenoxy) is 1. The summed E-state index contributed by atoms with van der Waals surface area (Å²) in [5.41, 5.74) is 6.51. The number of benzene rings is 2. The zero-order valence-corrected chi connectivity index (χ0v) is 19.4. The predicted octanol–water partition coefficient (Wildman–Crippen LogP) is 5.41. The van der Waals surface area contributed by atoms with E-state index in [1.807, 2.05) is 64.1 Å². The third-order valence-corrected chi connectivity index (χ3v) is 6.18. The first kappa shape index (κ1) is 21.6. The van der Waals surface area contributed by atoms with Gasteiger partial charge < -0.3 is 4.74 Å². The lowest BCUT2D eigenvalue weighted by Crippen LogP contribution is -2.24. The van der Waals surface area contributed by atoms with E-state index in [4.69, 9.17) is 4.74 Å². The molecule has 1 amide bonds. The zero-order chi connectivity index (χ0) is 23.0.